The number of benzene rings is 1. The van der Waals surface area contributed by atoms with E-state index in [4.69, 9.17) is 4.74 Å². The summed E-state index contributed by atoms with van der Waals surface area (Å²) in [6, 6.07) is 6.10. The van der Waals surface area contributed by atoms with E-state index in [9.17, 15) is 0 Å². The van der Waals surface area contributed by atoms with Gasteiger partial charge in [-0.25, -0.2) is 9.97 Å². The molecule has 0 aliphatic heterocycles. The molecule has 2 aromatic rings. The second kappa shape index (κ2) is 5.26. The first-order valence-electron chi connectivity index (χ1n) is 6.24. The zero-order valence-electron chi connectivity index (χ0n) is 12.0. The van der Waals surface area contributed by atoms with Crippen LogP contribution in [0.2, 0.25) is 0 Å². The fourth-order valence-corrected chi connectivity index (χ4v) is 2.07. The Morgan fingerprint density at radius 1 is 1.11 bits per heavy atom. The molecule has 2 rings (SSSR count). The summed E-state index contributed by atoms with van der Waals surface area (Å²) in [7, 11) is 3.51. The van der Waals surface area contributed by atoms with Gasteiger partial charge < -0.3 is 10.1 Å². The molecule has 100 valence electrons. The summed E-state index contributed by atoms with van der Waals surface area (Å²) in [5, 5.41) is 2.98. The Balaban J connectivity index is 2.65. The zero-order valence-corrected chi connectivity index (χ0v) is 12.0. The third kappa shape index (κ3) is 2.52. The molecule has 1 N–H and O–H groups in total. The van der Waals surface area contributed by atoms with Gasteiger partial charge in [0.05, 0.1) is 12.8 Å². The van der Waals surface area contributed by atoms with Gasteiger partial charge in [0, 0.05) is 18.3 Å². The van der Waals surface area contributed by atoms with Crippen LogP contribution >= 0.6 is 0 Å². The van der Waals surface area contributed by atoms with Crippen LogP contribution in [-0.2, 0) is 0 Å². The standard InChI is InChI=1S/C15H19N3O/c1-9-6-7-12(14(19-5)11(9)3)13-8-10(2)17-15(16-4)18-13/h6-8H,1-5H3,(H,16,17,18). The van der Waals surface area contributed by atoms with E-state index in [0.717, 1.165) is 28.3 Å². The van der Waals surface area contributed by atoms with Gasteiger partial charge in [-0.1, -0.05) is 6.07 Å². The molecule has 1 heterocycles. The number of nitrogens with one attached hydrogen (secondary N) is 1. The Bertz CT molecular complexity index is 609. The Hall–Kier alpha value is -2.10. The molecule has 1 aromatic heterocycles. The number of rotatable bonds is 3. The molecule has 0 amide bonds. The molecule has 4 heteroatoms. The lowest BCUT2D eigenvalue weighted by Crippen LogP contribution is -2.01. The fourth-order valence-electron chi connectivity index (χ4n) is 2.07. The van der Waals surface area contributed by atoms with Gasteiger partial charge in [0.1, 0.15) is 5.75 Å². The predicted molar refractivity (Wildman–Crippen MR) is 77.8 cm³/mol. The van der Waals surface area contributed by atoms with Gasteiger partial charge >= 0.3 is 0 Å². The van der Waals surface area contributed by atoms with Crippen molar-refractivity contribution in [2.24, 2.45) is 0 Å². The number of anilines is 1. The summed E-state index contributed by atoms with van der Waals surface area (Å²) in [6.45, 7) is 6.09. The molecule has 0 fully saturated rings. The summed E-state index contributed by atoms with van der Waals surface area (Å²) in [5.74, 6) is 1.50. The molecule has 1 aromatic carbocycles. The maximum atomic E-state index is 5.54. The highest BCUT2D eigenvalue weighted by Gasteiger charge is 2.13. The van der Waals surface area contributed by atoms with Gasteiger partial charge in [-0.2, -0.15) is 0 Å². The first-order chi connectivity index (χ1) is 9.06. The zero-order chi connectivity index (χ0) is 14.0. The Morgan fingerprint density at radius 3 is 2.47 bits per heavy atom. The first kappa shape index (κ1) is 13.3. The number of nitrogens with zero attached hydrogens (tertiary/aromatic N) is 2. The summed E-state index contributed by atoms with van der Waals surface area (Å²) < 4.78 is 5.54. The molecule has 0 atom stereocenters. The Labute approximate surface area is 113 Å². The second-order valence-electron chi connectivity index (χ2n) is 4.56. The van der Waals surface area contributed by atoms with Gasteiger partial charge in [0.25, 0.3) is 0 Å². The fraction of sp³-hybridized carbons (Fsp3) is 0.333. The molecule has 4 nitrogen and oxygen atoms in total. The maximum Gasteiger partial charge on any atom is 0.223 e. The normalized spacial score (nSPS) is 10.4. The van der Waals surface area contributed by atoms with Crippen molar-refractivity contribution in [2.75, 3.05) is 19.5 Å². The maximum absolute atomic E-state index is 5.54. The Kier molecular flexibility index (Phi) is 3.69. The molecule has 0 spiro atoms. The largest absolute Gasteiger partial charge is 0.496 e. The lowest BCUT2D eigenvalue weighted by molar-refractivity contribution is 0.413. The van der Waals surface area contributed by atoms with Crippen LogP contribution in [0.15, 0.2) is 18.2 Å². The minimum atomic E-state index is 0.621. The number of aromatic nitrogens is 2. The highest BCUT2D eigenvalue weighted by atomic mass is 16.5. The van der Waals surface area contributed by atoms with Gasteiger partial charge in [-0.15, -0.1) is 0 Å². The van der Waals surface area contributed by atoms with E-state index in [0.29, 0.717) is 5.95 Å². The van der Waals surface area contributed by atoms with E-state index in [1.165, 1.54) is 5.56 Å². The van der Waals surface area contributed by atoms with E-state index in [-0.39, 0.29) is 0 Å². The summed E-state index contributed by atoms with van der Waals surface area (Å²) >= 11 is 0. The average Bonchev–Trinajstić information content (AvgIpc) is 2.40. The highest BCUT2D eigenvalue weighted by Crippen LogP contribution is 2.34. The van der Waals surface area contributed by atoms with E-state index in [1.807, 2.05) is 26.1 Å². The molecule has 0 aliphatic rings. The molecular weight excluding hydrogens is 238 g/mol. The van der Waals surface area contributed by atoms with Crippen LogP contribution in [0.25, 0.3) is 11.3 Å². The number of aryl methyl sites for hydroxylation is 2. The summed E-state index contributed by atoms with van der Waals surface area (Å²) in [6.07, 6.45) is 0. The van der Waals surface area contributed by atoms with Crippen molar-refractivity contribution in [1.29, 1.82) is 0 Å². The lowest BCUT2D eigenvalue weighted by atomic mass is 10.0. The van der Waals surface area contributed by atoms with Crippen molar-refractivity contribution in [3.63, 3.8) is 0 Å². The van der Waals surface area contributed by atoms with Gasteiger partial charge in [0.15, 0.2) is 0 Å². The van der Waals surface area contributed by atoms with Crippen molar-refractivity contribution in [3.05, 3.63) is 35.0 Å². The SMILES string of the molecule is CNc1nc(C)cc(-c2ccc(C)c(C)c2OC)n1. The van der Waals surface area contributed by atoms with E-state index < -0.39 is 0 Å². The molecule has 0 unspecified atom stereocenters. The molecule has 0 saturated heterocycles. The minimum Gasteiger partial charge on any atom is -0.496 e. The molecule has 0 saturated carbocycles. The van der Waals surface area contributed by atoms with Crippen molar-refractivity contribution in [1.82, 2.24) is 9.97 Å². The lowest BCUT2D eigenvalue weighted by Gasteiger charge is -2.14. The molecule has 19 heavy (non-hydrogen) atoms. The second-order valence-corrected chi connectivity index (χ2v) is 4.56. The quantitative estimate of drug-likeness (QED) is 0.917. The van der Waals surface area contributed by atoms with Crippen molar-refractivity contribution >= 4 is 5.95 Å². The van der Waals surface area contributed by atoms with Gasteiger partial charge in [0.2, 0.25) is 5.95 Å². The number of hydrogen-bond donors (Lipinski definition) is 1. The summed E-state index contributed by atoms with van der Waals surface area (Å²) in [4.78, 5) is 8.81. The van der Waals surface area contributed by atoms with Gasteiger partial charge in [-0.05, 0) is 44.0 Å². The monoisotopic (exact) mass is 257 g/mol. The van der Waals surface area contributed by atoms with E-state index >= 15 is 0 Å². The van der Waals surface area contributed by atoms with Gasteiger partial charge in [-0.3, -0.25) is 0 Å². The molecule has 0 aliphatic carbocycles. The van der Waals surface area contributed by atoms with Crippen LogP contribution in [0.4, 0.5) is 5.95 Å². The third-order valence-corrected chi connectivity index (χ3v) is 3.23. The van der Waals surface area contributed by atoms with Crippen LogP contribution < -0.4 is 10.1 Å². The van der Waals surface area contributed by atoms with Crippen molar-refractivity contribution in [3.8, 4) is 17.0 Å². The third-order valence-electron chi connectivity index (χ3n) is 3.23. The average molecular weight is 257 g/mol. The molecule has 0 bridgehead atoms. The number of ether oxygens (including phenoxy) is 1. The number of hydrogen-bond acceptors (Lipinski definition) is 4. The molecular formula is C15H19N3O. The highest BCUT2D eigenvalue weighted by molar-refractivity contribution is 5.71. The number of methoxy groups -OCH3 is 1. The van der Waals surface area contributed by atoms with E-state index in [1.54, 1.807) is 7.11 Å². The topological polar surface area (TPSA) is 47.0 Å². The smallest absolute Gasteiger partial charge is 0.223 e. The van der Waals surface area contributed by atoms with E-state index in [2.05, 4.69) is 35.2 Å². The van der Waals surface area contributed by atoms with Crippen LogP contribution in [0.3, 0.4) is 0 Å². The summed E-state index contributed by atoms with van der Waals surface area (Å²) in [5.41, 5.74) is 5.14. The first-order valence-corrected chi connectivity index (χ1v) is 6.24. The van der Waals surface area contributed by atoms with Crippen LogP contribution in [0, 0.1) is 20.8 Å². The molecule has 0 radical (unpaired) electrons. The van der Waals surface area contributed by atoms with Crippen molar-refractivity contribution in [2.45, 2.75) is 20.8 Å². The van der Waals surface area contributed by atoms with Crippen LogP contribution in [0.1, 0.15) is 16.8 Å². The van der Waals surface area contributed by atoms with Crippen LogP contribution in [0.5, 0.6) is 5.75 Å². The van der Waals surface area contributed by atoms with Crippen LogP contribution in [-0.4, -0.2) is 24.1 Å². The Morgan fingerprint density at radius 2 is 1.84 bits per heavy atom. The van der Waals surface area contributed by atoms with Crippen molar-refractivity contribution < 1.29 is 4.74 Å². The minimum absolute atomic E-state index is 0.621. The predicted octanol–water partition coefficient (Wildman–Crippen LogP) is 3.12.